The Kier molecular flexibility index (Phi) is 1.68. The summed E-state index contributed by atoms with van der Waals surface area (Å²) in [5.74, 6) is 2.86. The molecule has 0 N–H and O–H groups in total. The summed E-state index contributed by atoms with van der Waals surface area (Å²) in [6, 6.07) is 5.15. The quantitative estimate of drug-likeness (QED) is 0.790. The van der Waals surface area contributed by atoms with Crippen LogP contribution in [0.15, 0.2) is 12.1 Å². The summed E-state index contributed by atoms with van der Waals surface area (Å²) in [5.41, 5.74) is 3.99. The Labute approximate surface area is 125 Å². The number of likely N-dealkylation sites (N-methyl/N-ethyl adjacent to an activating group) is 1. The predicted molar refractivity (Wildman–Crippen MR) is 79.0 cm³/mol. The van der Waals surface area contributed by atoms with Gasteiger partial charge in [0.1, 0.15) is 6.10 Å². The van der Waals surface area contributed by atoms with Crippen molar-refractivity contribution in [2.75, 3.05) is 20.7 Å². The lowest BCUT2D eigenvalue weighted by atomic mass is 9.35. The summed E-state index contributed by atoms with van der Waals surface area (Å²) in [7, 11) is 4.10. The van der Waals surface area contributed by atoms with E-state index in [0.29, 0.717) is 16.9 Å². The summed E-state index contributed by atoms with van der Waals surface area (Å²) in [6.07, 6.45) is 5.55. The molecule has 4 aliphatic carbocycles. The summed E-state index contributed by atoms with van der Waals surface area (Å²) >= 11 is 0. The van der Waals surface area contributed by atoms with Crippen LogP contribution in [0.1, 0.15) is 30.4 Å². The first kappa shape index (κ1) is 11.4. The van der Waals surface area contributed by atoms with Crippen molar-refractivity contribution in [2.45, 2.75) is 43.2 Å². The van der Waals surface area contributed by atoms with Crippen molar-refractivity contribution in [2.24, 2.45) is 11.3 Å². The molecule has 2 bridgehead atoms. The number of methoxy groups -OCH3 is 1. The maximum atomic E-state index is 6.48. The fourth-order valence-corrected chi connectivity index (χ4v) is 7.08. The first-order valence-electron chi connectivity index (χ1n) is 8.27. The summed E-state index contributed by atoms with van der Waals surface area (Å²) < 4.78 is 12.1. The van der Waals surface area contributed by atoms with Gasteiger partial charge in [-0.2, -0.15) is 0 Å². The minimum Gasteiger partial charge on any atom is -0.493 e. The van der Waals surface area contributed by atoms with E-state index in [1.807, 2.05) is 0 Å². The number of hydrogen-bond donors (Lipinski definition) is 0. The van der Waals surface area contributed by atoms with E-state index in [1.165, 1.54) is 37.8 Å². The Hall–Kier alpha value is -1.22. The van der Waals surface area contributed by atoms with Gasteiger partial charge in [0, 0.05) is 23.6 Å². The van der Waals surface area contributed by atoms with Gasteiger partial charge in [-0.25, -0.2) is 0 Å². The van der Waals surface area contributed by atoms with Crippen LogP contribution in [0.2, 0.25) is 0 Å². The average molecular weight is 283 g/mol. The van der Waals surface area contributed by atoms with Crippen LogP contribution in [0.4, 0.5) is 0 Å². The molecule has 1 aromatic carbocycles. The minimum atomic E-state index is 0.325. The molecule has 3 saturated carbocycles. The molecular formula is C18H21NO2. The standard InChI is InChI=1S/C18H21NO2/c1-19-9-17-6-5-13-18(8-17)14-10(7-11(19)16(17)18)3-4-12(20-2)15(14)21-13/h3-4,11,13,16H,5-9H2,1-2H3/t11?,13-,16?,17?,18?/m0/s1. The van der Waals surface area contributed by atoms with E-state index < -0.39 is 0 Å². The Morgan fingerprint density at radius 1 is 1.38 bits per heavy atom. The first-order valence-corrected chi connectivity index (χ1v) is 8.27. The van der Waals surface area contributed by atoms with Crippen molar-refractivity contribution in [1.82, 2.24) is 4.90 Å². The Bertz CT molecular complexity index is 686. The Morgan fingerprint density at radius 2 is 2.29 bits per heavy atom. The van der Waals surface area contributed by atoms with E-state index in [2.05, 4.69) is 24.1 Å². The van der Waals surface area contributed by atoms with Gasteiger partial charge in [-0.15, -0.1) is 0 Å². The number of benzene rings is 1. The molecule has 110 valence electrons. The monoisotopic (exact) mass is 283 g/mol. The highest BCUT2D eigenvalue weighted by molar-refractivity contribution is 5.63. The molecule has 21 heavy (non-hydrogen) atoms. The number of nitrogens with zero attached hydrogens (tertiary/aromatic N) is 1. The fraction of sp³-hybridized carbons (Fsp3) is 0.667. The van der Waals surface area contributed by atoms with Crippen LogP contribution in [0, 0.1) is 11.3 Å². The molecule has 0 amide bonds. The van der Waals surface area contributed by atoms with Gasteiger partial charge in [-0.1, -0.05) is 6.07 Å². The number of ether oxygens (including phenoxy) is 2. The lowest BCUT2D eigenvalue weighted by Gasteiger charge is -2.67. The second kappa shape index (κ2) is 3.10. The Balaban J connectivity index is 1.66. The molecule has 7 rings (SSSR count). The molecule has 2 spiro atoms. The van der Waals surface area contributed by atoms with E-state index in [-0.39, 0.29) is 0 Å². The van der Waals surface area contributed by atoms with Gasteiger partial charge in [-0.3, -0.25) is 0 Å². The molecular weight excluding hydrogens is 262 g/mol. The summed E-state index contributed by atoms with van der Waals surface area (Å²) in [6.45, 7) is 1.30. The SMILES string of the molecule is COc1ccc2c3c1O[C@H]1CCC45CN(C)C(C2)C4C31C5. The van der Waals surface area contributed by atoms with Gasteiger partial charge >= 0.3 is 0 Å². The highest BCUT2D eigenvalue weighted by atomic mass is 16.5. The molecule has 2 heterocycles. The van der Waals surface area contributed by atoms with Gasteiger partial charge in [-0.05, 0) is 55.7 Å². The highest BCUT2D eigenvalue weighted by Crippen LogP contribution is 2.78. The smallest absolute Gasteiger partial charge is 0.165 e. The fourth-order valence-electron chi connectivity index (χ4n) is 7.08. The van der Waals surface area contributed by atoms with Crippen LogP contribution in [0.5, 0.6) is 11.5 Å². The van der Waals surface area contributed by atoms with Crippen molar-refractivity contribution in [3.05, 3.63) is 23.3 Å². The largest absolute Gasteiger partial charge is 0.493 e. The highest BCUT2D eigenvalue weighted by Gasteiger charge is 2.79. The van der Waals surface area contributed by atoms with E-state index in [4.69, 9.17) is 9.47 Å². The first-order chi connectivity index (χ1) is 10.2. The number of hydrogen-bond acceptors (Lipinski definition) is 3. The second-order valence-electron chi connectivity index (χ2n) is 8.02. The lowest BCUT2D eigenvalue weighted by Crippen LogP contribution is -2.70. The van der Waals surface area contributed by atoms with Crippen LogP contribution in [-0.4, -0.2) is 37.7 Å². The van der Waals surface area contributed by atoms with Crippen LogP contribution in [0.3, 0.4) is 0 Å². The van der Waals surface area contributed by atoms with Gasteiger partial charge in [0.15, 0.2) is 11.5 Å². The van der Waals surface area contributed by atoms with Crippen LogP contribution >= 0.6 is 0 Å². The third-order valence-electron chi connectivity index (χ3n) is 7.44. The molecule has 5 atom stereocenters. The van der Waals surface area contributed by atoms with E-state index in [9.17, 15) is 0 Å². The van der Waals surface area contributed by atoms with Crippen molar-refractivity contribution in [1.29, 1.82) is 0 Å². The molecule has 1 aromatic rings. The molecule has 2 aliphatic heterocycles. The molecule has 0 radical (unpaired) electrons. The lowest BCUT2D eigenvalue weighted by molar-refractivity contribution is -0.143. The molecule has 3 nitrogen and oxygen atoms in total. The van der Waals surface area contributed by atoms with Gasteiger partial charge in [0.05, 0.1) is 7.11 Å². The number of likely N-dealkylation sites (tertiary alicyclic amines) is 1. The van der Waals surface area contributed by atoms with Crippen LogP contribution in [-0.2, 0) is 11.8 Å². The number of fused-ring (bicyclic) bond motifs is 1. The van der Waals surface area contributed by atoms with Crippen molar-refractivity contribution in [3.63, 3.8) is 0 Å². The topological polar surface area (TPSA) is 21.7 Å². The van der Waals surface area contributed by atoms with Gasteiger partial charge in [0.2, 0.25) is 0 Å². The Morgan fingerprint density at radius 3 is 3.14 bits per heavy atom. The van der Waals surface area contributed by atoms with Crippen molar-refractivity contribution < 1.29 is 9.47 Å². The minimum absolute atomic E-state index is 0.325. The third kappa shape index (κ3) is 0.946. The van der Waals surface area contributed by atoms with Crippen LogP contribution in [0.25, 0.3) is 0 Å². The van der Waals surface area contributed by atoms with Gasteiger partial charge < -0.3 is 14.4 Å². The zero-order chi connectivity index (χ0) is 14.0. The zero-order valence-electron chi connectivity index (χ0n) is 12.7. The average Bonchev–Trinajstić information content (AvgIpc) is 2.94. The third-order valence-corrected chi connectivity index (χ3v) is 7.44. The number of rotatable bonds is 1. The maximum Gasteiger partial charge on any atom is 0.165 e. The molecule has 6 aliphatic rings. The van der Waals surface area contributed by atoms with Gasteiger partial charge in [0.25, 0.3) is 0 Å². The molecule has 0 aromatic heterocycles. The van der Waals surface area contributed by atoms with E-state index >= 15 is 0 Å². The normalized spacial score (nSPS) is 47.6. The zero-order valence-corrected chi connectivity index (χ0v) is 12.7. The molecule has 1 saturated heterocycles. The van der Waals surface area contributed by atoms with E-state index in [0.717, 1.165) is 23.5 Å². The molecule has 4 fully saturated rings. The molecule has 4 unspecified atom stereocenters. The van der Waals surface area contributed by atoms with Crippen molar-refractivity contribution >= 4 is 0 Å². The predicted octanol–water partition coefficient (Wildman–Crippen LogP) is 2.36. The van der Waals surface area contributed by atoms with Crippen LogP contribution < -0.4 is 9.47 Å². The molecule has 3 heteroatoms. The van der Waals surface area contributed by atoms with Crippen molar-refractivity contribution in [3.8, 4) is 11.5 Å². The second-order valence-corrected chi connectivity index (χ2v) is 8.02. The summed E-state index contributed by atoms with van der Waals surface area (Å²) in [4.78, 5) is 2.65. The maximum absolute atomic E-state index is 6.48. The van der Waals surface area contributed by atoms with E-state index in [1.54, 1.807) is 12.7 Å². The summed E-state index contributed by atoms with van der Waals surface area (Å²) in [5, 5.41) is 0.